The van der Waals surface area contributed by atoms with Gasteiger partial charge < -0.3 is 9.47 Å². The van der Waals surface area contributed by atoms with E-state index in [-0.39, 0.29) is 29.5 Å². The van der Waals surface area contributed by atoms with Crippen LogP contribution in [0.1, 0.15) is 0 Å². The molecular weight excluding hydrogens is 348 g/mol. The smallest absolute Gasteiger partial charge is 0.273 e. The minimum Gasteiger partial charge on any atom is -0.495 e. The summed E-state index contributed by atoms with van der Waals surface area (Å²) in [4.78, 5) is 10.1. The third-order valence-electron chi connectivity index (χ3n) is 3.46. The Morgan fingerprint density at radius 3 is 2.44 bits per heavy atom. The first-order chi connectivity index (χ1) is 11.9. The van der Waals surface area contributed by atoms with E-state index in [4.69, 9.17) is 9.47 Å². The van der Waals surface area contributed by atoms with Crippen LogP contribution in [-0.2, 0) is 10.0 Å². The number of hydrogen-bond donors (Lipinski definition) is 0. The first-order valence-corrected chi connectivity index (χ1v) is 8.77. The summed E-state index contributed by atoms with van der Waals surface area (Å²) >= 11 is 0. The molecule has 0 radical (unpaired) electrons. The molecule has 2 aromatic rings. The molecule has 0 N–H and O–H groups in total. The standard InChI is InChI=1S/C16H18N2O6S/c1-17(10-11-24-14-6-4-3-5-7-14)25(21,22)16-9-8-13(18(19)20)12-15(16)23-2/h3-9,12H,10-11H2,1-2H3. The highest BCUT2D eigenvalue weighted by Crippen LogP contribution is 2.30. The average molecular weight is 366 g/mol. The van der Waals surface area contributed by atoms with Gasteiger partial charge >= 0.3 is 0 Å². The number of rotatable bonds is 8. The van der Waals surface area contributed by atoms with Crippen LogP contribution in [0.5, 0.6) is 11.5 Å². The van der Waals surface area contributed by atoms with Crippen molar-refractivity contribution in [3.63, 3.8) is 0 Å². The third-order valence-corrected chi connectivity index (χ3v) is 5.36. The molecule has 0 saturated heterocycles. The van der Waals surface area contributed by atoms with Crippen molar-refractivity contribution in [2.75, 3.05) is 27.3 Å². The van der Waals surface area contributed by atoms with Crippen molar-refractivity contribution in [1.82, 2.24) is 4.31 Å². The first kappa shape index (κ1) is 18.7. The van der Waals surface area contributed by atoms with Gasteiger partial charge in [0.05, 0.1) is 18.1 Å². The van der Waals surface area contributed by atoms with Gasteiger partial charge in [0.25, 0.3) is 5.69 Å². The summed E-state index contributed by atoms with van der Waals surface area (Å²) in [5.41, 5.74) is -0.245. The summed E-state index contributed by atoms with van der Waals surface area (Å²) in [5, 5.41) is 10.8. The number of nitro benzene ring substituents is 1. The molecule has 0 aliphatic rings. The molecule has 0 heterocycles. The molecule has 2 rings (SSSR count). The van der Waals surface area contributed by atoms with E-state index in [1.807, 2.05) is 18.2 Å². The number of likely N-dealkylation sites (N-methyl/N-ethyl adjacent to an activating group) is 1. The Kier molecular flexibility index (Phi) is 5.94. The predicted octanol–water partition coefficient (Wildman–Crippen LogP) is 2.30. The molecule has 0 bridgehead atoms. The van der Waals surface area contributed by atoms with Crippen molar-refractivity contribution in [3.8, 4) is 11.5 Å². The number of sulfonamides is 1. The monoisotopic (exact) mass is 366 g/mol. The van der Waals surface area contributed by atoms with Gasteiger partial charge in [0.15, 0.2) is 0 Å². The molecule has 0 amide bonds. The Hall–Kier alpha value is -2.65. The van der Waals surface area contributed by atoms with E-state index in [0.29, 0.717) is 5.75 Å². The molecule has 0 fully saturated rings. The normalized spacial score (nSPS) is 11.3. The van der Waals surface area contributed by atoms with Crippen LogP contribution in [0.3, 0.4) is 0 Å². The number of nitro groups is 1. The van der Waals surface area contributed by atoms with Crippen LogP contribution >= 0.6 is 0 Å². The molecule has 0 unspecified atom stereocenters. The SMILES string of the molecule is COc1cc([N+](=O)[O-])ccc1S(=O)(=O)N(C)CCOc1ccccc1. The molecule has 0 spiro atoms. The predicted molar refractivity (Wildman–Crippen MR) is 91.4 cm³/mol. The van der Waals surface area contributed by atoms with Crippen LogP contribution < -0.4 is 9.47 Å². The Balaban J connectivity index is 2.12. The van der Waals surface area contributed by atoms with Gasteiger partial charge in [-0.25, -0.2) is 8.42 Å². The third kappa shape index (κ3) is 4.46. The average Bonchev–Trinajstić information content (AvgIpc) is 2.61. The largest absolute Gasteiger partial charge is 0.495 e. The van der Waals surface area contributed by atoms with Crippen LogP contribution in [-0.4, -0.2) is 45.0 Å². The number of methoxy groups -OCH3 is 1. The highest BCUT2D eigenvalue weighted by molar-refractivity contribution is 7.89. The number of ether oxygens (including phenoxy) is 2. The molecule has 9 heteroatoms. The van der Waals surface area contributed by atoms with Gasteiger partial charge in [-0.15, -0.1) is 0 Å². The fourth-order valence-electron chi connectivity index (χ4n) is 2.08. The van der Waals surface area contributed by atoms with Gasteiger partial charge in [-0.3, -0.25) is 10.1 Å². The summed E-state index contributed by atoms with van der Waals surface area (Å²) in [7, 11) is -1.21. The number of para-hydroxylation sites is 1. The second-order valence-corrected chi connectivity index (χ2v) is 7.09. The lowest BCUT2D eigenvalue weighted by Crippen LogP contribution is -2.31. The van der Waals surface area contributed by atoms with E-state index in [1.165, 1.54) is 20.2 Å². The molecule has 0 aliphatic heterocycles. The van der Waals surface area contributed by atoms with Crippen LogP contribution in [0.4, 0.5) is 5.69 Å². The maximum absolute atomic E-state index is 12.7. The molecule has 0 aliphatic carbocycles. The molecule has 0 atom stereocenters. The summed E-state index contributed by atoms with van der Waals surface area (Å²) in [6.07, 6.45) is 0. The molecule has 0 aromatic heterocycles. The topological polar surface area (TPSA) is 99.0 Å². The minimum absolute atomic E-state index is 0.0787. The van der Waals surface area contributed by atoms with E-state index in [1.54, 1.807) is 12.1 Å². The number of hydrogen-bond acceptors (Lipinski definition) is 6. The van der Waals surface area contributed by atoms with E-state index < -0.39 is 14.9 Å². The number of non-ortho nitro benzene ring substituents is 1. The number of benzene rings is 2. The van der Waals surface area contributed by atoms with Crippen molar-refractivity contribution in [1.29, 1.82) is 0 Å². The van der Waals surface area contributed by atoms with Crippen LogP contribution in [0, 0.1) is 10.1 Å². The fraction of sp³-hybridized carbons (Fsp3) is 0.250. The van der Waals surface area contributed by atoms with E-state index in [2.05, 4.69) is 0 Å². The highest BCUT2D eigenvalue weighted by Gasteiger charge is 2.26. The molecule has 134 valence electrons. The molecular formula is C16H18N2O6S. The van der Waals surface area contributed by atoms with Crippen molar-refractivity contribution in [2.45, 2.75) is 4.90 Å². The van der Waals surface area contributed by atoms with Gasteiger partial charge in [0, 0.05) is 19.7 Å². The lowest BCUT2D eigenvalue weighted by Gasteiger charge is -2.19. The van der Waals surface area contributed by atoms with Crippen LogP contribution in [0.2, 0.25) is 0 Å². The Bertz CT molecular complexity index is 839. The quantitative estimate of drug-likeness (QED) is 0.525. The van der Waals surface area contributed by atoms with Gasteiger partial charge in [-0.2, -0.15) is 4.31 Å². The van der Waals surface area contributed by atoms with Crippen molar-refractivity contribution in [2.24, 2.45) is 0 Å². The Labute approximate surface area is 145 Å². The molecule has 8 nitrogen and oxygen atoms in total. The second kappa shape index (κ2) is 7.95. The van der Waals surface area contributed by atoms with Crippen LogP contribution in [0.15, 0.2) is 53.4 Å². The summed E-state index contributed by atoms with van der Waals surface area (Å²) in [6, 6.07) is 12.4. The zero-order valence-electron chi connectivity index (χ0n) is 13.8. The first-order valence-electron chi connectivity index (χ1n) is 7.33. The molecule has 2 aromatic carbocycles. The maximum atomic E-state index is 12.7. The molecule has 25 heavy (non-hydrogen) atoms. The lowest BCUT2D eigenvalue weighted by atomic mass is 10.3. The van der Waals surface area contributed by atoms with Gasteiger partial charge in [-0.05, 0) is 18.2 Å². The van der Waals surface area contributed by atoms with Gasteiger partial charge in [0.2, 0.25) is 10.0 Å². The van der Waals surface area contributed by atoms with Crippen molar-refractivity contribution in [3.05, 3.63) is 58.6 Å². The zero-order valence-corrected chi connectivity index (χ0v) is 14.6. The summed E-state index contributed by atoms with van der Waals surface area (Å²) < 4.78 is 36.9. The van der Waals surface area contributed by atoms with E-state index in [9.17, 15) is 18.5 Å². The summed E-state index contributed by atoms with van der Waals surface area (Å²) in [6.45, 7) is 0.270. The highest BCUT2D eigenvalue weighted by atomic mass is 32.2. The Morgan fingerprint density at radius 1 is 1.16 bits per heavy atom. The van der Waals surface area contributed by atoms with E-state index >= 15 is 0 Å². The van der Waals surface area contributed by atoms with Crippen molar-refractivity contribution < 1.29 is 22.8 Å². The second-order valence-electron chi connectivity index (χ2n) is 5.08. The van der Waals surface area contributed by atoms with Gasteiger partial charge in [-0.1, -0.05) is 18.2 Å². The van der Waals surface area contributed by atoms with Crippen LogP contribution in [0.25, 0.3) is 0 Å². The summed E-state index contributed by atoms with van der Waals surface area (Å²) in [5.74, 6) is 0.561. The minimum atomic E-state index is -3.87. The van der Waals surface area contributed by atoms with Crippen molar-refractivity contribution >= 4 is 15.7 Å². The number of nitrogens with zero attached hydrogens (tertiary/aromatic N) is 2. The zero-order chi connectivity index (χ0) is 18.4. The fourth-order valence-corrected chi connectivity index (χ4v) is 3.37. The van der Waals surface area contributed by atoms with Gasteiger partial charge in [0.1, 0.15) is 23.0 Å². The lowest BCUT2D eigenvalue weighted by molar-refractivity contribution is -0.385. The van der Waals surface area contributed by atoms with E-state index in [0.717, 1.165) is 16.4 Å². The molecule has 0 saturated carbocycles. The Morgan fingerprint density at radius 2 is 1.84 bits per heavy atom. The maximum Gasteiger partial charge on any atom is 0.273 e.